The number of thioether (sulfide) groups is 1. The second kappa shape index (κ2) is 8.67. The Hall–Kier alpha value is -2.60. The number of hydrogen-bond donors (Lipinski definition) is 1. The van der Waals surface area contributed by atoms with Gasteiger partial charge in [-0.1, -0.05) is 36.0 Å². The molecule has 0 radical (unpaired) electrons. The third kappa shape index (κ3) is 4.95. The van der Waals surface area contributed by atoms with Crippen molar-refractivity contribution in [1.29, 1.82) is 0 Å². The Morgan fingerprint density at radius 3 is 2.62 bits per heavy atom. The number of carbonyl (C=O) groups excluding carboxylic acids is 1. The third-order valence-corrected chi connectivity index (χ3v) is 4.79. The monoisotopic (exact) mass is 367 g/mol. The second-order valence-corrected chi connectivity index (χ2v) is 6.87. The van der Waals surface area contributed by atoms with E-state index in [1.54, 1.807) is 0 Å². The SMILES string of the molecule is Cc1cccc(OCCNC(=O)CSc2nc3ccccc3nc2C)c1. The van der Waals surface area contributed by atoms with Crippen LogP contribution in [0, 0.1) is 13.8 Å². The summed E-state index contributed by atoms with van der Waals surface area (Å²) in [6.45, 7) is 4.84. The van der Waals surface area contributed by atoms with E-state index in [9.17, 15) is 4.79 Å². The number of benzene rings is 2. The first-order valence-corrected chi connectivity index (χ1v) is 9.43. The fourth-order valence-corrected chi connectivity index (χ4v) is 3.25. The molecule has 5 nitrogen and oxygen atoms in total. The van der Waals surface area contributed by atoms with Gasteiger partial charge in [0.05, 0.1) is 29.0 Å². The van der Waals surface area contributed by atoms with Crippen LogP contribution in [0.5, 0.6) is 5.75 Å². The predicted molar refractivity (Wildman–Crippen MR) is 105 cm³/mol. The Balaban J connectivity index is 1.45. The van der Waals surface area contributed by atoms with E-state index >= 15 is 0 Å². The van der Waals surface area contributed by atoms with Gasteiger partial charge in [0.15, 0.2) is 0 Å². The van der Waals surface area contributed by atoms with E-state index in [0.29, 0.717) is 18.9 Å². The van der Waals surface area contributed by atoms with Gasteiger partial charge in [0.25, 0.3) is 0 Å². The van der Waals surface area contributed by atoms with Crippen LogP contribution in [0.15, 0.2) is 53.6 Å². The van der Waals surface area contributed by atoms with Gasteiger partial charge in [-0.15, -0.1) is 0 Å². The van der Waals surface area contributed by atoms with Crippen LogP contribution in [0.4, 0.5) is 0 Å². The molecule has 0 aliphatic rings. The molecule has 1 heterocycles. The van der Waals surface area contributed by atoms with E-state index in [1.165, 1.54) is 11.8 Å². The maximum atomic E-state index is 12.0. The van der Waals surface area contributed by atoms with Gasteiger partial charge in [-0.05, 0) is 43.7 Å². The zero-order chi connectivity index (χ0) is 18.4. The Bertz CT molecular complexity index is 914. The first kappa shape index (κ1) is 18.2. The van der Waals surface area contributed by atoms with Crippen LogP contribution in [-0.2, 0) is 4.79 Å². The van der Waals surface area contributed by atoms with Crippen molar-refractivity contribution in [2.75, 3.05) is 18.9 Å². The molecule has 3 aromatic rings. The lowest BCUT2D eigenvalue weighted by Gasteiger charge is -2.09. The number of ether oxygens (including phenoxy) is 1. The number of para-hydroxylation sites is 2. The quantitative estimate of drug-likeness (QED) is 0.511. The number of carbonyl (C=O) groups is 1. The minimum atomic E-state index is -0.0443. The average molecular weight is 367 g/mol. The summed E-state index contributed by atoms with van der Waals surface area (Å²) in [5.74, 6) is 1.08. The number of hydrogen-bond acceptors (Lipinski definition) is 5. The molecule has 0 saturated heterocycles. The highest BCUT2D eigenvalue weighted by Gasteiger charge is 2.08. The Kier molecular flexibility index (Phi) is 6.07. The lowest BCUT2D eigenvalue weighted by molar-refractivity contribution is -0.118. The maximum Gasteiger partial charge on any atom is 0.230 e. The van der Waals surface area contributed by atoms with Crippen LogP contribution < -0.4 is 10.1 Å². The van der Waals surface area contributed by atoms with E-state index in [2.05, 4.69) is 15.3 Å². The lowest BCUT2D eigenvalue weighted by atomic mass is 10.2. The van der Waals surface area contributed by atoms with E-state index in [4.69, 9.17) is 4.74 Å². The fraction of sp³-hybridized carbons (Fsp3) is 0.250. The summed E-state index contributed by atoms with van der Waals surface area (Å²) in [5.41, 5.74) is 3.69. The van der Waals surface area contributed by atoms with E-state index in [-0.39, 0.29) is 5.91 Å². The molecule has 0 fully saturated rings. The van der Waals surface area contributed by atoms with E-state index in [0.717, 1.165) is 33.1 Å². The van der Waals surface area contributed by atoms with Crippen molar-refractivity contribution in [3.8, 4) is 5.75 Å². The normalized spacial score (nSPS) is 10.7. The molecule has 1 N–H and O–H groups in total. The van der Waals surface area contributed by atoms with Gasteiger partial charge in [-0.2, -0.15) is 0 Å². The first-order chi connectivity index (χ1) is 12.6. The summed E-state index contributed by atoms with van der Waals surface area (Å²) in [6, 6.07) is 15.6. The Labute approximate surface area is 157 Å². The molecule has 134 valence electrons. The van der Waals surface area contributed by atoms with Gasteiger partial charge in [-0.25, -0.2) is 9.97 Å². The molecule has 0 unspecified atom stereocenters. The van der Waals surface area contributed by atoms with Gasteiger partial charge >= 0.3 is 0 Å². The third-order valence-electron chi connectivity index (χ3n) is 3.72. The Morgan fingerprint density at radius 1 is 1.08 bits per heavy atom. The molecular formula is C20H21N3O2S. The van der Waals surface area contributed by atoms with Crippen molar-refractivity contribution in [1.82, 2.24) is 15.3 Å². The number of aromatic nitrogens is 2. The summed E-state index contributed by atoms with van der Waals surface area (Å²) < 4.78 is 5.62. The summed E-state index contributed by atoms with van der Waals surface area (Å²) in [7, 11) is 0. The summed E-state index contributed by atoms with van der Waals surface area (Å²) >= 11 is 1.40. The summed E-state index contributed by atoms with van der Waals surface area (Å²) in [5, 5.41) is 3.65. The molecule has 1 aromatic heterocycles. The lowest BCUT2D eigenvalue weighted by Crippen LogP contribution is -2.29. The zero-order valence-electron chi connectivity index (χ0n) is 14.9. The van der Waals surface area contributed by atoms with Gasteiger partial charge in [0.2, 0.25) is 5.91 Å². The van der Waals surface area contributed by atoms with E-state index < -0.39 is 0 Å². The maximum absolute atomic E-state index is 12.0. The summed E-state index contributed by atoms with van der Waals surface area (Å²) in [4.78, 5) is 21.1. The largest absolute Gasteiger partial charge is 0.492 e. The second-order valence-electron chi connectivity index (χ2n) is 5.91. The molecule has 0 aliphatic carbocycles. The van der Waals surface area contributed by atoms with Crippen LogP contribution in [0.2, 0.25) is 0 Å². The molecular weight excluding hydrogens is 346 g/mol. The number of nitrogens with zero attached hydrogens (tertiary/aromatic N) is 2. The zero-order valence-corrected chi connectivity index (χ0v) is 15.7. The van der Waals surface area contributed by atoms with Crippen LogP contribution >= 0.6 is 11.8 Å². The van der Waals surface area contributed by atoms with Crippen LogP contribution in [-0.4, -0.2) is 34.8 Å². The van der Waals surface area contributed by atoms with Crippen LogP contribution in [0.1, 0.15) is 11.3 Å². The number of fused-ring (bicyclic) bond motifs is 1. The molecule has 6 heteroatoms. The first-order valence-electron chi connectivity index (χ1n) is 8.44. The van der Waals surface area contributed by atoms with Gasteiger partial charge in [-0.3, -0.25) is 4.79 Å². The topological polar surface area (TPSA) is 64.1 Å². The smallest absolute Gasteiger partial charge is 0.230 e. The highest BCUT2D eigenvalue weighted by molar-refractivity contribution is 7.99. The van der Waals surface area contributed by atoms with Gasteiger partial charge in [0, 0.05) is 0 Å². The summed E-state index contributed by atoms with van der Waals surface area (Å²) in [6.07, 6.45) is 0. The number of rotatable bonds is 7. The molecule has 0 saturated carbocycles. The highest BCUT2D eigenvalue weighted by Crippen LogP contribution is 2.21. The molecule has 3 rings (SSSR count). The average Bonchev–Trinajstić information content (AvgIpc) is 2.63. The minimum Gasteiger partial charge on any atom is -0.492 e. The van der Waals surface area contributed by atoms with Crippen LogP contribution in [0.25, 0.3) is 11.0 Å². The molecule has 2 aromatic carbocycles. The van der Waals surface area contributed by atoms with Crippen molar-refractivity contribution < 1.29 is 9.53 Å². The molecule has 26 heavy (non-hydrogen) atoms. The minimum absolute atomic E-state index is 0.0443. The van der Waals surface area contributed by atoms with E-state index in [1.807, 2.05) is 62.4 Å². The number of amides is 1. The highest BCUT2D eigenvalue weighted by atomic mass is 32.2. The molecule has 0 bridgehead atoms. The van der Waals surface area contributed by atoms with Crippen molar-refractivity contribution in [2.45, 2.75) is 18.9 Å². The molecule has 0 spiro atoms. The number of aryl methyl sites for hydroxylation is 2. The standard InChI is InChI=1S/C20H21N3O2S/c1-14-6-5-7-16(12-14)25-11-10-21-19(24)13-26-20-15(2)22-17-8-3-4-9-18(17)23-20/h3-9,12H,10-11,13H2,1-2H3,(H,21,24). The van der Waals surface area contributed by atoms with Crippen molar-refractivity contribution in [3.63, 3.8) is 0 Å². The molecule has 0 atom stereocenters. The predicted octanol–water partition coefficient (Wildman–Crippen LogP) is 3.53. The van der Waals surface area contributed by atoms with Gasteiger partial charge < -0.3 is 10.1 Å². The fourth-order valence-electron chi connectivity index (χ4n) is 2.46. The molecule has 0 aliphatic heterocycles. The van der Waals surface area contributed by atoms with Gasteiger partial charge in [0.1, 0.15) is 17.4 Å². The number of nitrogens with one attached hydrogen (secondary N) is 1. The van der Waals surface area contributed by atoms with Crippen LogP contribution in [0.3, 0.4) is 0 Å². The van der Waals surface area contributed by atoms with Crippen molar-refractivity contribution in [2.24, 2.45) is 0 Å². The Morgan fingerprint density at radius 2 is 1.85 bits per heavy atom. The molecule has 1 amide bonds. The van der Waals surface area contributed by atoms with Crippen molar-refractivity contribution >= 4 is 28.7 Å². The van der Waals surface area contributed by atoms with Crippen molar-refractivity contribution in [3.05, 3.63) is 59.8 Å².